The Kier molecular flexibility index (Phi) is 6.09. The quantitative estimate of drug-likeness (QED) is 0.716. The molecule has 0 fully saturated rings. The Balaban J connectivity index is 1.89. The molecule has 1 atom stereocenters. The first kappa shape index (κ1) is 17.7. The highest BCUT2D eigenvalue weighted by molar-refractivity contribution is 6.31. The summed E-state index contributed by atoms with van der Waals surface area (Å²) in [5, 5.41) is 1.93. The van der Waals surface area contributed by atoms with Crippen molar-refractivity contribution >= 4 is 22.5 Å². The minimum absolute atomic E-state index is 0.0846. The molecule has 1 aliphatic carbocycles. The van der Waals surface area contributed by atoms with Gasteiger partial charge in [-0.1, -0.05) is 36.9 Å². The molecule has 0 amide bonds. The molecule has 130 valence electrons. The molecule has 1 aromatic heterocycles. The first-order chi connectivity index (χ1) is 11.7. The Morgan fingerprint density at radius 3 is 2.71 bits per heavy atom. The lowest BCUT2D eigenvalue weighted by molar-refractivity contribution is 0.554. The molecule has 0 aliphatic heterocycles. The molecule has 4 N–H and O–H groups in total. The number of hydrogen-bond donors (Lipinski definition) is 2. The zero-order valence-electron chi connectivity index (χ0n) is 14.4. The molecule has 1 unspecified atom stereocenters. The molecule has 3 nitrogen and oxygen atoms in total. The Morgan fingerprint density at radius 2 is 1.88 bits per heavy atom. The van der Waals surface area contributed by atoms with Crippen LogP contribution in [-0.4, -0.2) is 11.5 Å². The summed E-state index contributed by atoms with van der Waals surface area (Å²) in [6.45, 7) is 0.787. The zero-order chi connectivity index (χ0) is 16.9. The lowest BCUT2D eigenvalue weighted by atomic mass is 9.85. The molecule has 3 rings (SSSR count). The van der Waals surface area contributed by atoms with Gasteiger partial charge in [0.05, 0.1) is 5.52 Å². The lowest BCUT2D eigenvalue weighted by Crippen LogP contribution is -2.18. The van der Waals surface area contributed by atoms with E-state index in [1.165, 1.54) is 47.9 Å². The van der Waals surface area contributed by atoms with Crippen molar-refractivity contribution in [3.8, 4) is 0 Å². The second-order valence-electron chi connectivity index (χ2n) is 6.92. The van der Waals surface area contributed by atoms with E-state index < -0.39 is 0 Å². The number of fused-ring (bicyclic) bond motifs is 2. The molecule has 0 bridgehead atoms. The molecule has 4 heteroatoms. The number of benzene rings is 1. The van der Waals surface area contributed by atoms with E-state index >= 15 is 0 Å². The van der Waals surface area contributed by atoms with Crippen LogP contribution in [0.3, 0.4) is 0 Å². The van der Waals surface area contributed by atoms with Crippen molar-refractivity contribution in [3.05, 3.63) is 40.0 Å². The van der Waals surface area contributed by atoms with Crippen molar-refractivity contribution in [3.63, 3.8) is 0 Å². The highest BCUT2D eigenvalue weighted by atomic mass is 35.5. The topological polar surface area (TPSA) is 64.9 Å². The SMILES string of the molecule is NCCCCCCC(N)c1c2c(nc3cc(Cl)ccc13)CCCC2. The first-order valence-electron chi connectivity index (χ1n) is 9.27. The van der Waals surface area contributed by atoms with Crippen LogP contribution in [0, 0.1) is 0 Å². The maximum atomic E-state index is 6.65. The number of nitrogens with two attached hydrogens (primary N) is 2. The van der Waals surface area contributed by atoms with Gasteiger partial charge in [0.25, 0.3) is 0 Å². The predicted molar refractivity (Wildman–Crippen MR) is 102 cm³/mol. The molecule has 1 aliphatic rings. The summed E-state index contributed by atoms with van der Waals surface area (Å²) in [5.74, 6) is 0. The summed E-state index contributed by atoms with van der Waals surface area (Å²) in [6, 6.07) is 6.12. The van der Waals surface area contributed by atoms with Gasteiger partial charge in [-0.05, 0) is 68.3 Å². The van der Waals surface area contributed by atoms with Crippen LogP contribution in [0.25, 0.3) is 10.9 Å². The van der Waals surface area contributed by atoms with Gasteiger partial charge in [-0.25, -0.2) is 0 Å². The van der Waals surface area contributed by atoms with Crippen LogP contribution in [0.5, 0.6) is 0 Å². The van der Waals surface area contributed by atoms with Crippen LogP contribution in [0.4, 0.5) is 0 Å². The molecular weight excluding hydrogens is 318 g/mol. The van der Waals surface area contributed by atoms with Gasteiger partial charge < -0.3 is 11.5 Å². The van der Waals surface area contributed by atoms with Gasteiger partial charge in [0.2, 0.25) is 0 Å². The number of nitrogens with zero attached hydrogens (tertiary/aromatic N) is 1. The standard InChI is InChI=1S/C20H28ClN3/c21-14-10-11-16-19(13-14)24-18-9-5-4-7-15(18)20(16)17(23)8-3-1-2-6-12-22/h10-11,13,17H,1-9,12,22-23H2. The number of rotatable bonds is 7. The summed E-state index contributed by atoms with van der Waals surface area (Å²) in [6.07, 6.45) is 10.3. The largest absolute Gasteiger partial charge is 0.330 e. The maximum absolute atomic E-state index is 6.65. The average Bonchev–Trinajstić information content (AvgIpc) is 2.59. The fraction of sp³-hybridized carbons (Fsp3) is 0.550. The van der Waals surface area contributed by atoms with E-state index in [1.807, 2.05) is 12.1 Å². The van der Waals surface area contributed by atoms with Crippen molar-refractivity contribution in [1.29, 1.82) is 0 Å². The van der Waals surface area contributed by atoms with E-state index in [-0.39, 0.29) is 6.04 Å². The van der Waals surface area contributed by atoms with Gasteiger partial charge in [0, 0.05) is 22.1 Å². The van der Waals surface area contributed by atoms with Crippen molar-refractivity contribution in [2.75, 3.05) is 6.54 Å². The monoisotopic (exact) mass is 345 g/mol. The summed E-state index contributed by atoms with van der Waals surface area (Å²) >= 11 is 6.18. The molecule has 0 radical (unpaired) electrons. The fourth-order valence-electron chi connectivity index (χ4n) is 3.87. The smallest absolute Gasteiger partial charge is 0.0723 e. The number of hydrogen-bond acceptors (Lipinski definition) is 3. The summed E-state index contributed by atoms with van der Waals surface area (Å²) < 4.78 is 0. The third-order valence-corrected chi connectivity index (χ3v) is 5.34. The van der Waals surface area contributed by atoms with E-state index in [4.69, 9.17) is 28.1 Å². The van der Waals surface area contributed by atoms with Crippen LogP contribution in [0.15, 0.2) is 18.2 Å². The predicted octanol–water partition coefficient (Wildman–Crippen LogP) is 4.68. The number of unbranched alkanes of at least 4 members (excludes halogenated alkanes) is 3. The second-order valence-corrected chi connectivity index (χ2v) is 7.35. The minimum atomic E-state index is 0.0846. The van der Waals surface area contributed by atoms with Gasteiger partial charge in [-0.3, -0.25) is 4.98 Å². The van der Waals surface area contributed by atoms with Gasteiger partial charge in [0.15, 0.2) is 0 Å². The van der Waals surface area contributed by atoms with Crippen molar-refractivity contribution < 1.29 is 0 Å². The maximum Gasteiger partial charge on any atom is 0.0723 e. The summed E-state index contributed by atoms with van der Waals surface area (Å²) in [7, 11) is 0. The van der Waals surface area contributed by atoms with E-state index in [0.29, 0.717) is 0 Å². The zero-order valence-corrected chi connectivity index (χ0v) is 15.1. The highest BCUT2D eigenvalue weighted by Crippen LogP contribution is 2.35. The van der Waals surface area contributed by atoms with Gasteiger partial charge in [0.1, 0.15) is 0 Å². The molecular formula is C20H28ClN3. The molecule has 0 spiro atoms. The Morgan fingerprint density at radius 1 is 1.08 bits per heavy atom. The van der Waals surface area contributed by atoms with E-state index in [1.54, 1.807) is 0 Å². The lowest BCUT2D eigenvalue weighted by Gasteiger charge is -2.24. The van der Waals surface area contributed by atoms with E-state index in [2.05, 4.69) is 6.07 Å². The molecule has 0 saturated heterocycles. The van der Waals surface area contributed by atoms with Crippen LogP contribution in [-0.2, 0) is 12.8 Å². The molecule has 0 saturated carbocycles. The highest BCUT2D eigenvalue weighted by Gasteiger charge is 2.21. The van der Waals surface area contributed by atoms with E-state index in [0.717, 1.165) is 49.2 Å². The summed E-state index contributed by atoms with van der Waals surface area (Å²) in [4.78, 5) is 4.89. The third kappa shape index (κ3) is 3.90. The first-order valence-corrected chi connectivity index (χ1v) is 9.65. The number of aryl methyl sites for hydroxylation is 1. The number of aromatic nitrogens is 1. The Hall–Kier alpha value is -1.16. The van der Waals surface area contributed by atoms with Crippen molar-refractivity contribution in [2.45, 2.75) is 63.8 Å². The van der Waals surface area contributed by atoms with Crippen LogP contribution < -0.4 is 11.5 Å². The molecule has 24 heavy (non-hydrogen) atoms. The van der Waals surface area contributed by atoms with Gasteiger partial charge >= 0.3 is 0 Å². The van der Waals surface area contributed by atoms with Gasteiger partial charge in [-0.2, -0.15) is 0 Å². The van der Waals surface area contributed by atoms with Crippen molar-refractivity contribution in [1.82, 2.24) is 4.98 Å². The normalized spacial score (nSPS) is 15.5. The number of halogens is 1. The van der Waals surface area contributed by atoms with Crippen LogP contribution >= 0.6 is 11.6 Å². The third-order valence-electron chi connectivity index (χ3n) is 5.11. The van der Waals surface area contributed by atoms with Gasteiger partial charge in [-0.15, -0.1) is 0 Å². The minimum Gasteiger partial charge on any atom is -0.330 e. The fourth-order valence-corrected chi connectivity index (χ4v) is 4.03. The van der Waals surface area contributed by atoms with Crippen LogP contribution in [0.2, 0.25) is 5.02 Å². The molecule has 1 heterocycles. The van der Waals surface area contributed by atoms with Crippen molar-refractivity contribution in [2.24, 2.45) is 11.5 Å². The summed E-state index contributed by atoms with van der Waals surface area (Å²) in [5.41, 5.74) is 17.2. The number of pyridine rings is 1. The van der Waals surface area contributed by atoms with E-state index in [9.17, 15) is 0 Å². The molecule has 1 aromatic carbocycles. The Labute approximate surface area is 149 Å². The Bertz CT molecular complexity index is 699. The molecule has 2 aromatic rings. The van der Waals surface area contributed by atoms with Crippen LogP contribution in [0.1, 0.15) is 67.8 Å². The second kappa shape index (κ2) is 8.28. The average molecular weight is 346 g/mol.